The molecule has 9 nitrogen and oxygen atoms in total. The molecule has 1 aliphatic rings. The van der Waals surface area contributed by atoms with Gasteiger partial charge in [-0.1, -0.05) is 36.7 Å². The molecule has 42 heavy (non-hydrogen) atoms. The summed E-state index contributed by atoms with van der Waals surface area (Å²) in [6.45, 7) is 1.51. The number of fused-ring (bicyclic) bond motifs is 1. The first-order valence-corrected chi connectivity index (χ1v) is 15.3. The number of anilines is 2. The van der Waals surface area contributed by atoms with Crippen LogP contribution in [0, 0.1) is 11.7 Å². The number of rotatable bonds is 8. The Bertz CT molecular complexity index is 1800. The molecule has 1 fully saturated rings. The van der Waals surface area contributed by atoms with Gasteiger partial charge in [-0.05, 0) is 65.9 Å². The summed E-state index contributed by atoms with van der Waals surface area (Å²) in [7, 11) is -3.76. The number of carboxylic acid groups (broad SMARTS) is 1. The quantitative estimate of drug-likeness (QED) is 0.246. The van der Waals surface area contributed by atoms with Gasteiger partial charge in [-0.2, -0.15) is 0 Å². The number of aromatic nitrogens is 1. The molecule has 4 N–H and O–H groups in total. The molecule has 1 aliphatic heterocycles. The van der Waals surface area contributed by atoms with E-state index in [4.69, 9.17) is 17.3 Å². The minimum Gasteiger partial charge on any atom is -0.481 e. The van der Waals surface area contributed by atoms with Crippen molar-refractivity contribution < 1.29 is 27.5 Å². The monoisotopic (exact) mass is 610 g/mol. The molecule has 2 heterocycles. The number of nitrogens with one attached hydrogen (secondary N) is 1. The van der Waals surface area contributed by atoms with Gasteiger partial charge in [0.1, 0.15) is 17.7 Å². The zero-order valence-electron chi connectivity index (χ0n) is 22.5. The third kappa shape index (κ3) is 5.49. The van der Waals surface area contributed by atoms with Crippen molar-refractivity contribution in [1.82, 2.24) is 9.88 Å². The van der Waals surface area contributed by atoms with Crippen LogP contribution in [0.5, 0.6) is 0 Å². The van der Waals surface area contributed by atoms with Crippen LogP contribution in [0.2, 0.25) is 5.02 Å². The number of nitrogen functional groups attached to an aromatic ring is 1. The average molecular weight is 611 g/mol. The summed E-state index contributed by atoms with van der Waals surface area (Å²) in [5.74, 6) is -3.46. The number of sulfone groups is 1. The Kier molecular flexibility index (Phi) is 8.07. The molecule has 5 rings (SSSR count). The second kappa shape index (κ2) is 11.6. The molecule has 1 amide bonds. The summed E-state index contributed by atoms with van der Waals surface area (Å²) in [5, 5.41) is 14.8. The molecule has 0 saturated carbocycles. The number of carboxylic acids is 1. The van der Waals surface area contributed by atoms with E-state index in [0.29, 0.717) is 16.9 Å². The van der Waals surface area contributed by atoms with Crippen LogP contribution in [0.25, 0.3) is 10.8 Å². The minimum atomic E-state index is -3.76. The largest absolute Gasteiger partial charge is 0.481 e. The van der Waals surface area contributed by atoms with E-state index in [0.717, 1.165) is 11.5 Å². The fourth-order valence-electron chi connectivity index (χ4n) is 5.48. The topological polar surface area (TPSA) is 143 Å². The van der Waals surface area contributed by atoms with E-state index >= 15 is 4.39 Å². The molecular formula is C30H28ClFN4O5S. The normalized spacial score (nSPS) is 17.7. The highest BCUT2D eigenvalue weighted by Crippen LogP contribution is 2.42. The number of nitrogens with two attached hydrogens (primary N) is 1. The molecule has 12 heteroatoms. The number of aliphatic carboxylic acids is 1. The number of carbonyl (C=O) groups is 2. The maximum atomic E-state index is 15.3. The highest BCUT2D eigenvalue weighted by Gasteiger charge is 2.46. The van der Waals surface area contributed by atoms with Gasteiger partial charge in [0.2, 0.25) is 5.91 Å². The van der Waals surface area contributed by atoms with E-state index in [2.05, 4.69) is 10.3 Å². The van der Waals surface area contributed by atoms with Gasteiger partial charge in [0.15, 0.2) is 9.84 Å². The summed E-state index contributed by atoms with van der Waals surface area (Å²) >= 11 is 6.22. The van der Waals surface area contributed by atoms with Crippen LogP contribution in [0.1, 0.15) is 36.6 Å². The molecule has 4 aromatic rings. The zero-order valence-corrected chi connectivity index (χ0v) is 24.1. The SMILES string of the molecule is CCS(=O)(=O)c1ccccc1C1C(C(=O)O)CCN1C(=O)[C@@H](Nc1ccc2c(N)nccc2c1)c1cc(Cl)ccc1F. The third-order valence-electron chi connectivity index (χ3n) is 7.57. The first-order valence-electron chi connectivity index (χ1n) is 13.2. The number of benzene rings is 3. The van der Waals surface area contributed by atoms with Crippen LogP contribution in [0.4, 0.5) is 15.9 Å². The van der Waals surface area contributed by atoms with Gasteiger partial charge in [0.25, 0.3) is 0 Å². The van der Waals surface area contributed by atoms with Crippen molar-refractivity contribution in [1.29, 1.82) is 0 Å². The van der Waals surface area contributed by atoms with Crippen LogP contribution in [-0.2, 0) is 19.4 Å². The molecule has 1 aromatic heterocycles. The molecule has 2 unspecified atom stereocenters. The van der Waals surface area contributed by atoms with Gasteiger partial charge < -0.3 is 21.1 Å². The van der Waals surface area contributed by atoms with Crippen LogP contribution in [0.15, 0.2) is 77.8 Å². The van der Waals surface area contributed by atoms with Crippen molar-refractivity contribution in [3.05, 3.63) is 94.9 Å². The number of hydrogen-bond donors (Lipinski definition) is 3. The van der Waals surface area contributed by atoms with Gasteiger partial charge in [0.05, 0.1) is 22.6 Å². The predicted octanol–water partition coefficient (Wildman–Crippen LogP) is 5.23. The summed E-state index contributed by atoms with van der Waals surface area (Å²) < 4.78 is 41.3. The van der Waals surface area contributed by atoms with Gasteiger partial charge in [-0.25, -0.2) is 17.8 Å². The predicted molar refractivity (Wildman–Crippen MR) is 158 cm³/mol. The van der Waals surface area contributed by atoms with Crippen molar-refractivity contribution in [2.45, 2.75) is 30.3 Å². The van der Waals surface area contributed by atoms with Crippen molar-refractivity contribution in [3.8, 4) is 0 Å². The molecular weight excluding hydrogens is 583 g/mol. The Hall–Kier alpha value is -4.22. The molecule has 0 radical (unpaired) electrons. The van der Waals surface area contributed by atoms with Gasteiger partial charge in [-0.15, -0.1) is 0 Å². The van der Waals surface area contributed by atoms with E-state index in [-0.39, 0.29) is 39.8 Å². The minimum absolute atomic E-state index is 0.0151. The van der Waals surface area contributed by atoms with E-state index in [1.54, 1.807) is 42.6 Å². The molecule has 0 aliphatic carbocycles. The Morgan fingerprint density at radius 1 is 1.17 bits per heavy atom. The lowest BCUT2D eigenvalue weighted by atomic mass is 9.93. The molecule has 3 atom stereocenters. The van der Waals surface area contributed by atoms with Gasteiger partial charge in [-0.3, -0.25) is 9.59 Å². The van der Waals surface area contributed by atoms with E-state index in [1.807, 2.05) is 0 Å². The zero-order chi connectivity index (χ0) is 30.2. The number of pyridine rings is 1. The number of carbonyl (C=O) groups excluding carboxylic acids is 1. The molecule has 218 valence electrons. The van der Waals surface area contributed by atoms with Crippen molar-refractivity contribution >= 4 is 55.6 Å². The van der Waals surface area contributed by atoms with Crippen molar-refractivity contribution in [2.24, 2.45) is 5.92 Å². The second-order valence-electron chi connectivity index (χ2n) is 10.0. The maximum absolute atomic E-state index is 15.3. The Morgan fingerprint density at radius 2 is 1.93 bits per heavy atom. The molecule has 0 bridgehead atoms. The van der Waals surface area contributed by atoms with Crippen LogP contribution in [0.3, 0.4) is 0 Å². The first-order chi connectivity index (χ1) is 20.0. The van der Waals surface area contributed by atoms with Gasteiger partial charge in [0, 0.05) is 34.4 Å². The first kappa shape index (κ1) is 29.3. The van der Waals surface area contributed by atoms with Crippen LogP contribution < -0.4 is 11.1 Å². The summed E-state index contributed by atoms with van der Waals surface area (Å²) in [6.07, 6.45) is 1.63. The van der Waals surface area contributed by atoms with E-state index < -0.39 is 45.5 Å². The van der Waals surface area contributed by atoms with E-state index in [9.17, 15) is 23.1 Å². The fraction of sp³-hybridized carbons (Fsp3) is 0.233. The van der Waals surface area contributed by atoms with Crippen molar-refractivity contribution in [2.75, 3.05) is 23.3 Å². The van der Waals surface area contributed by atoms with E-state index in [1.165, 1.54) is 36.1 Å². The average Bonchev–Trinajstić information content (AvgIpc) is 3.43. The summed E-state index contributed by atoms with van der Waals surface area (Å²) in [5.41, 5.74) is 6.60. The Labute approximate surface area is 247 Å². The van der Waals surface area contributed by atoms with Gasteiger partial charge >= 0.3 is 5.97 Å². The highest BCUT2D eigenvalue weighted by atomic mass is 35.5. The standard InChI is InChI=1S/C30H28ClFN4O5S/c1-2-42(40,41)25-6-4-3-5-21(25)27-22(30(38)39)12-14-36(27)29(37)26(23-16-18(31)7-10-24(23)32)35-19-8-9-20-17(15-19)11-13-34-28(20)33/h3-11,13,15-16,22,26-27,35H,2,12,14H2,1H3,(H2,33,34)(H,38,39)/t22?,26-,27?/m0/s1. The molecule has 1 saturated heterocycles. The lowest BCUT2D eigenvalue weighted by molar-refractivity contribution is -0.143. The Balaban J connectivity index is 1.62. The molecule has 0 spiro atoms. The lowest BCUT2D eigenvalue weighted by Gasteiger charge is -2.32. The smallest absolute Gasteiger partial charge is 0.309 e. The number of amides is 1. The lowest BCUT2D eigenvalue weighted by Crippen LogP contribution is -2.40. The number of likely N-dealkylation sites (tertiary alicyclic amines) is 1. The Morgan fingerprint density at radius 3 is 2.67 bits per heavy atom. The number of nitrogens with zero attached hydrogens (tertiary/aromatic N) is 2. The van der Waals surface area contributed by atoms with Crippen LogP contribution in [-0.4, -0.2) is 47.6 Å². The number of halogens is 2. The second-order valence-corrected chi connectivity index (χ2v) is 12.7. The van der Waals surface area contributed by atoms with Crippen molar-refractivity contribution in [3.63, 3.8) is 0 Å². The maximum Gasteiger partial charge on any atom is 0.309 e. The van der Waals surface area contributed by atoms with Crippen LogP contribution >= 0.6 is 11.6 Å². The fourth-order valence-corrected chi connectivity index (χ4v) is 6.80. The number of hydrogen-bond acceptors (Lipinski definition) is 7. The summed E-state index contributed by atoms with van der Waals surface area (Å²) in [6, 6.07) is 14.4. The summed E-state index contributed by atoms with van der Waals surface area (Å²) in [4.78, 5) is 32.1. The molecule has 3 aromatic carbocycles. The highest BCUT2D eigenvalue weighted by molar-refractivity contribution is 7.91. The third-order valence-corrected chi connectivity index (χ3v) is 9.61.